The number of halogens is 1. The predicted octanol–water partition coefficient (Wildman–Crippen LogP) is 3.81. The summed E-state index contributed by atoms with van der Waals surface area (Å²) in [6, 6.07) is 13.4. The van der Waals surface area contributed by atoms with Gasteiger partial charge in [0.25, 0.3) is 0 Å². The van der Waals surface area contributed by atoms with Gasteiger partial charge in [0.05, 0.1) is 12.0 Å². The molecule has 0 saturated carbocycles. The lowest BCUT2D eigenvalue weighted by Crippen LogP contribution is -2.41. The highest BCUT2D eigenvalue weighted by Crippen LogP contribution is 2.27. The lowest BCUT2D eigenvalue weighted by Gasteiger charge is -2.24. The standard InChI is InChI=1S/C21H23BrN2O3/c1-21(2,15-4-6-16(22)7-5-15)20(26)23-11-12-27-17-8-9-18-14(13-17)3-10-19(25)24-18/h4-9,13H,3,10-12H2,1-2H3,(H,23,26)(H,24,25). The summed E-state index contributed by atoms with van der Waals surface area (Å²) in [7, 11) is 0. The summed E-state index contributed by atoms with van der Waals surface area (Å²) in [6.07, 6.45) is 1.22. The van der Waals surface area contributed by atoms with E-state index in [1.165, 1.54) is 0 Å². The van der Waals surface area contributed by atoms with Gasteiger partial charge in [-0.05, 0) is 61.7 Å². The van der Waals surface area contributed by atoms with E-state index in [9.17, 15) is 9.59 Å². The highest BCUT2D eigenvalue weighted by Gasteiger charge is 2.29. The van der Waals surface area contributed by atoms with Crippen molar-refractivity contribution in [2.24, 2.45) is 0 Å². The van der Waals surface area contributed by atoms with Crippen LogP contribution in [0.3, 0.4) is 0 Å². The fourth-order valence-electron chi connectivity index (χ4n) is 3.00. The average Bonchev–Trinajstić information content (AvgIpc) is 2.65. The van der Waals surface area contributed by atoms with E-state index in [1.54, 1.807) is 0 Å². The number of aryl methyl sites for hydroxylation is 1. The fraction of sp³-hybridized carbons (Fsp3) is 0.333. The van der Waals surface area contributed by atoms with Crippen LogP contribution in [0.15, 0.2) is 46.9 Å². The molecule has 1 aliphatic rings. The van der Waals surface area contributed by atoms with Crippen LogP contribution in [0.1, 0.15) is 31.4 Å². The lowest BCUT2D eigenvalue weighted by molar-refractivity contribution is -0.125. The summed E-state index contributed by atoms with van der Waals surface area (Å²) < 4.78 is 6.74. The second-order valence-corrected chi connectivity index (χ2v) is 8.02. The summed E-state index contributed by atoms with van der Waals surface area (Å²) in [4.78, 5) is 24.0. The SMILES string of the molecule is CC(C)(C(=O)NCCOc1ccc2c(c1)CCC(=O)N2)c1ccc(Br)cc1. The van der Waals surface area contributed by atoms with E-state index >= 15 is 0 Å². The number of nitrogens with one attached hydrogen (secondary N) is 2. The largest absolute Gasteiger partial charge is 0.492 e. The van der Waals surface area contributed by atoms with Gasteiger partial charge in [-0.15, -0.1) is 0 Å². The molecule has 0 aromatic heterocycles. The summed E-state index contributed by atoms with van der Waals surface area (Å²) in [5.74, 6) is 0.750. The molecule has 27 heavy (non-hydrogen) atoms. The van der Waals surface area contributed by atoms with E-state index in [4.69, 9.17) is 4.74 Å². The first-order valence-corrected chi connectivity index (χ1v) is 9.75. The molecule has 0 radical (unpaired) electrons. The van der Waals surface area contributed by atoms with Gasteiger partial charge >= 0.3 is 0 Å². The van der Waals surface area contributed by atoms with Crippen molar-refractivity contribution in [3.63, 3.8) is 0 Å². The first-order valence-electron chi connectivity index (χ1n) is 8.96. The third-order valence-electron chi connectivity index (χ3n) is 4.76. The van der Waals surface area contributed by atoms with Crippen molar-refractivity contribution in [2.75, 3.05) is 18.5 Å². The van der Waals surface area contributed by atoms with E-state index in [0.717, 1.165) is 33.5 Å². The van der Waals surface area contributed by atoms with E-state index < -0.39 is 5.41 Å². The number of hydrogen-bond acceptors (Lipinski definition) is 3. The number of hydrogen-bond donors (Lipinski definition) is 2. The van der Waals surface area contributed by atoms with Crippen LogP contribution in [-0.2, 0) is 21.4 Å². The molecule has 0 atom stereocenters. The van der Waals surface area contributed by atoms with Crippen LogP contribution in [0.25, 0.3) is 0 Å². The maximum absolute atomic E-state index is 12.6. The van der Waals surface area contributed by atoms with Crippen LogP contribution in [-0.4, -0.2) is 25.0 Å². The van der Waals surface area contributed by atoms with E-state index in [-0.39, 0.29) is 11.8 Å². The van der Waals surface area contributed by atoms with Gasteiger partial charge in [-0.2, -0.15) is 0 Å². The Kier molecular flexibility index (Phi) is 5.85. The Labute approximate surface area is 167 Å². The molecule has 1 aliphatic heterocycles. The molecule has 0 spiro atoms. The van der Waals surface area contributed by atoms with Gasteiger partial charge in [-0.25, -0.2) is 0 Å². The van der Waals surface area contributed by atoms with Gasteiger partial charge in [0, 0.05) is 16.6 Å². The first kappa shape index (κ1) is 19.4. The summed E-state index contributed by atoms with van der Waals surface area (Å²) in [6.45, 7) is 4.62. The highest BCUT2D eigenvalue weighted by molar-refractivity contribution is 9.10. The molecule has 0 aliphatic carbocycles. The second-order valence-electron chi connectivity index (χ2n) is 7.10. The van der Waals surface area contributed by atoms with Gasteiger partial charge in [0.1, 0.15) is 12.4 Å². The third kappa shape index (κ3) is 4.69. The molecular formula is C21H23BrN2O3. The van der Waals surface area contributed by atoms with Gasteiger partial charge in [-0.1, -0.05) is 28.1 Å². The monoisotopic (exact) mass is 430 g/mol. The molecule has 2 aromatic carbocycles. The summed E-state index contributed by atoms with van der Waals surface area (Å²) in [5, 5.41) is 5.79. The van der Waals surface area contributed by atoms with Crippen LogP contribution >= 0.6 is 15.9 Å². The Morgan fingerprint density at radius 2 is 1.93 bits per heavy atom. The Morgan fingerprint density at radius 3 is 2.67 bits per heavy atom. The maximum Gasteiger partial charge on any atom is 0.230 e. The van der Waals surface area contributed by atoms with E-state index in [2.05, 4.69) is 26.6 Å². The van der Waals surface area contributed by atoms with Crippen molar-refractivity contribution in [1.82, 2.24) is 5.32 Å². The van der Waals surface area contributed by atoms with Crippen molar-refractivity contribution in [2.45, 2.75) is 32.1 Å². The van der Waals surface area contributed by atoms with Crippen LogP contribution in [0.5, 0.6) is 5.75 Å². The van der Waals surface area contributed by atoms with Gasteiger partial charge in [-0.3, -0.25) is 9.59 Å². The molecule has 142 valence electrons. The van der Waals surface area contributed by atoms with Gasteiger partial charge in [0.2, 0.25) is 11.8 Å². The zero-order valence-corrected chi connectivity index (χ0v) is 17.1. The van der Waals surface area contributed by atoms with Crippen LogP contribution in [0, 0.1) is 0 Å². The number of rotatable bonds is 6. The molecule has 1 heterocycles. The molecule has 2 N–H and O–H groups in total. The van der Waals surface area contributed by atoms with Crippen molar-refractivity contribution in [3.8, 4) is 5.75 Å². The third-order valence-corrected chi connectivity index (χ3v) is 5.29. The molecule has 0 fully saturated rings. The predicted molar refractivity (Wildman–Crippen MR) is 109 cm³/mol. The van der Waals surface area contributed by atoms with E-state index in [0.29, 0.717) is 19.6 Å². The number of fused-ring (bicyclic) bond motifs is 1. The number of benzene rings is 2. The molecule has 5 nitrogen and oxygen atoms in total. The minimum atomic E-state index is -0.620. The van der Waals surface area contributed by atoms with Crippen LogP contribution in [0.4, 0.5) is 5.69 Å². The second kappa shape index (κ2) is 8.13. The quantitative estimate of drug-likeness (QED) is 0.684. The van der Waals surface area contributed by atoms with Crippen molar-refractivity contribution in [1.29, 1.82) is 0 Å². The minimum absolute atomic E-state index is 0.0402. The molecule has 2 amide bonds. The summed E-state index contributed by atoms with van der Waals surface area (Å²) in [5.41, 5.74) is 2.27. The Bertz CT molecular complexity index is 847. The smallest absolute Gasteiger partial charge is 0.230 e. The number of ether oxygens (including phenoxy) is 1. The minimum Gasteiger partial charge on any atom is -0.492 e. The molecule has 6 heteroatoms. The van der Waals surface area contributed by atoms with Crippen LogP contribution in [0.2, 0.25) is 0 Å². The molecule has 0 saturated heterocycles. The Balaban J connectivity index is 1.50. The zero-order valence-electron chi connectivity index (χ0n) is 15.5. The lowest BCUT2D eigenvalue weighted by atomic mass is 9.84. The maximum atomic E-state index is 12.6. The Morgan fingerprint density at radius 1 is 1.19 bits per heavy atom. The molecular weight excluding hydrogens is 408 g/mol. The molecule has 0 unspecified atom stereocenters. The van der Waals surface area contributed by atoms with Crippen molar-refractivity contribution in [3.05, 3.63) is 58.1 Å². The van der Waals surface area contributed by atoms with E-state index in [1.807, 2.05) is 56.3 Å². The zero-order chi connectivity index (χ0) is 19.4. The van der Waals surface area contributed by atoms with Gasteiger partial charge in [0.15, 0.2) is 0 Å². The topological polar surface area (TPSA) is 67.4 Å². The normalized spacial score (nSPS) is 13.5. The average molecular weight is 431 g/mol. The summed E-state index contributed by atoms with van der Waals surface area (Å²) >= 11 is 3.41. The molecule has 3 rings (SSSR count). The van der Waals surface area contributed by atoms with Gasteiger partial charge < -0.3 is 15.4 Å². The number of amides is 2. The van der Waals surface area contributed by atoms with Crippen molar-refractivity contribution < 1.29 is 14.3 Å². The van der Waals surface area contributed by atoms with Crippen molar-refractivity contribution >= 4 is 33.4 Å². The number of carbonyl (C=O) groups excluding carboxylic acids is 2. The molecule has 0 bridgehead atoms. The van der Waals surface area contributed by atoms with Crippen LogP contribution < -0.4 is 15.4 Å². The first-order chi connectivity index (χ1) is 12.9. The highest BCUT2D eigenvalue weighted by atomic mass is 79.9. The number of anilines is 1. The Hall–Kier alpha value is -2.34. The molecule has 2 aromatic rings. The fourth-order valence-corrected chi connectivity index (χ4v) is 3.27. The number of carbonyl (C=O) groups is 2.